The minimum atomic E-state index is -4.45. The summed E-state index contributed by atoms with van der Waals surface area (Å²) < 4.78 is 39.7. The minimum absolute atomic E-state index is 0.0405. The van der Waals surface area contributed by atoms with Gasteiger partial charge in [0.05, 0.1) is 23.4 Å². The second-order valence-corrected chi connectivity index (χ2v) is 9.18. The van der Waals surface area contributed by atoms with Gasteiger partial charge in [0.15, 0.2) is 5.65 Å². The molecule has 5 rings (SSSR count). The monoisotopic (exact) mass is 537 g/mol. The number of alkyl halides is 3. The number of benzene rings is 2. The van der Waals surface area contributed by atoms with Crippen LogP contribution in [0.4, 0.5) is 13.2 Å². The van der Waals surface area contributed by atoms with Gasteiger partial charge in [0.1, 0.15) is 11.4 Å². The van der Waals surface area contributed by atoms with Crippen molar-refractivity contribution in [2.75, 3.05) is 0 Å². The van der Waals surface area contributed by atoms with Crippen LogP contribution in [0.5, 0.6) is 0 Å². The first-order valence-corrected chi connectivity index (χ1v) is 12.0. The van der Waals surface area contributed by atoms with Crippen molar-refractivity contribution in [3.63, 3.8) is 0 Å². The van der Waals surface area contributed by atoms with Crippen LogP contribution < -0.4 is 10.6 Å². The number of carbonyl (C=O) groups excluding carboxylic acids is 2. The van der Waals surface area contributed by atoms with Gasteiger partial charge in [0, 0.05) is 18.7 Å². The topological polar surface area (TPSA) is 126 Å². The molecule has 0 saturated carbocycles. The summed E-state index contributed by atoms with van der Waals surface area (Å²) in [7, 11) is 0. The number of carboxylic acid groups (broad SMARTS) is 1. The Bertz CT molecular complexity index is 1610. The third-order valence-corrected chi connectivity index (χ3v) is 6.79. The smallest absolute Gasteiger partial charge is 0.416 e. The molecule has 2 aromatic heterocycles. The van der Waals surface area contributed by atoms with Gasteiger partial charge in [-0.3, -0.25) is 9.59 Å². The predicted molar refractivity (Wildman–Crippen MR) is 132 cm³/mol. The molecule has 39 heavy (non-hydrogen) atoms. The molecule has 2 heterocycles. The molecule has 2 aromatic carbocycles. The molecule has 9 nitrogen and oxygen atoms in total. The number of nitrogens with one attached hydrogen (secondary N) is 2. The lowest BCUT2D eigenvalue weighted by Crippen LogP contribution is -2.30. The molecule has 1 aliphatic rings. The van der Waals surface area contributed by atoms with Gasteiger partial charge in [0.2, 0.25) is 0 Å². The standard InChI is InChI=1S/C27H22F3N5O4/c1-14-17-8-9-20(19(17)7-6-18(14)26(38)39)34-25(37)22-12-21(33-23-10-11-32-35(22)23)24(36)31-13-15-2-4-16(5-3-15)27(28,29)30/h2-7,10-12,20H,8-9,13H2,1H3,(H,31,36)(H,34,37)(H,38,39)/t20-/m0/s1. The Morgan fingerprint density at radius 3 is 2.51 bits per heavy atom. The Balaban J connectivity index is 1.34. The van der Waals surface area contributed by atoms with Crippen molar-refractivity contribution < 1.29 is 32.7 Å². The van der Waals surface area contributed by atoms with Gasteiger partial charge in [-0.1, -0.05) is 18.2 Å². The number of hydrogen-bond acceptors (Lipinski definition) is 5. The van der Waals surface area contributed by atoms with E-state index in [9.17, 15) is 32.7 Å². The lowest BCUT2D eigenvalue weighted by molar-refractivity contribution is -0.137. The van der Waals surface area contributed by atoms with Crippen LogP contribution in [0.2, 0.25) is 0 Å². The summed E-state index contributed by atoms with van der Waals surface area (Å²) in [5.41, 5.74) is 2.56. The van der Waals surface area contributed by atoms with E-state index in [4.69, 9.17) is 0 Å². The molecule has 1 aliphatic carbocycles. The molecular formula is C27H22F3N5O4. The number of amides is 2. The number of carboxylic acids is 1. The van der Waals surface area contributed by atoms with E-state index in [2.05, 4.69) is 20.7 Å². The maximum absolute atomic E-state index is 13.3. The van der Waals surface area contributed by atoms with Gasteiger partial charge >= 0.3 is 12.1 Å². The zero-order valence-corrected chi connectivity index (χ0v) is 20.5. The number of halogens is 3. The van der Waals surface area contributed by atoms with Gasteiger partial charge < -0.3 is 15.7 Å². The van der Waals surface area contributed by atoms with Crippen molar-refractivity contribution in [1.82, 2.24) is 25.2 Å². The first kappa shape index (κ1) is 25.9. The largest absolute Gasteiger partial charge is 0.478 e. The minimum Gasteiger partial charge on any atom is -0.478 e. The molecule has 12 heteroatoms. The van der Waals surface area contributed by atoms with E-state index >= 15 is 0 Å². The summed E-state index contributed by atoms with van der Waals surface area (Å²) in [5, 5.41) is 19.1. The van der Waals surface area contributed by atoms with Gasteiger partial charge in [-0.25, -0.2) is 14.3 Å². The Morgan fingerprint density at radius 2 is 1.82 bits per heavy atom. The number of nitrogens with zero attached hydrogens (tertiary/aromatic N) is 3. The third-order valence-electron chi connectivity index (χ3n) is 6.79. The van der Waals surface area contributed by atoms with Crippen LogP contribution in [0, 0.1) is 6.92 Å². The van der Waals surface area contributed by atoms with Crippen LogP contribution >= 0.6 is 0 Å². The number of fused-ring (bicyclic) bond motifs is 2. The van der Waals surface area contributed by atoms with Crippen molar-refractivity contribution in [2.24, 2.45) is 0 Å². The molecule has 0 radical (unpaired) electrons. The van der Waals surface area contributed by atoms with Gasteiger partial charge in [0.25, 0.3) is 11.8 Å². The quantitative estimate of drug-likeness (QED) is 0.340. The van der Waals surface area contributed by atoms with E-state index in [1.807, 2.05) is 0 Å². The maximum atomic E-state index is 13.3. The molecule has 0 saturated heterocycles. The van der Waals surface area contributed by atoms with E-state index in [-0.39, 0.29) is 35.2 Å². The van der Waals surface area contributed by atoms with Gasteiger partial charge in [-0.05, 0) is 60.2 Å². The first-order valence-electron chi connectivity index (χ1n) is 12.0. The van der Waals surface area contributed by atoms with Crippen molar-refractivity contribution in [3.05, 3.63) is 99.5 Å². The molecule has 4 aromatic rings. The number of rotatable bonds is 6. The predicted octanol–water partition coefficient (Wildman–Crippen LogP) is 4.10. The summed E-state index contributed by atoms with van der Waals surface area (Å²) in [6.07, 6.45) is -1.83. The molecule has 0 bridgehead atoms. The second-order valence-electron chi connectivity index (χ2n) is 9.18. The van der Waals surface area contributed by atoms with Crippen molar-refractivity contribution in [3.8, 4) is 0 Å². The number of carbonyl (C=O) groups is 3. The summed E-state index contributed by atoms with van der Waals surface area (Å²) in [5.74, 6) is -2.12. The van der Waals surface area contributed by atoms with Crippen LogP contribution in [0.1, 0.15) is 71.6 Å². The average molecular weight is 537 g/mol. The summed E-state index contributed by atoms with van der Waals surface area (Å²) in [4.78, 5) is 41.9. The highest BCUT2D eigenvalue weighted by Gasteiger charge is 2.30. The molecule has 200 valence electrons. The highest BCUT2D eigenvalue weighted by atomic mass is 19.4. The Labute approximate surface area is 219 Å². The Morgan fingerprint density at radius 1 is 1.08 bits per heavy atom. The van der Waals surface area contributed by atoms with Crippen LogP contribution in [-0.2, 0) is 19.1 Å². The van der Waals surface area contributed by atoms with E-state index in [0.29, 0.717) is 24.0 Å². The van der Waals surface area contributed by atoms with E-state index in [1.165, 1.54) is 41.0 Å². The van der Waals surface area contributed by atoms with Crippen LogP contribution in [0.25, 0.3) is 5.65 Å². The first-order chi connectivity index (χ1) is 18.5. The number of hydrogen-bond donors (Lipinski definition) is 3. The van der Waals surface area contributed by atoms with Gasteiger partial charge in [-0.2, -0.15) is 18.3 Å². The SMILES string of the molecule is Cc1c(C(=O)O)ccc2c1CC[C@@H]2NC(=O)c1cc(C(=O)NCc2ccc(C(F)(F)F)cc2)nc2ccnn12. The van der Waals surface area contributed by atoms with Crippen LogP contribution in [-0.4, -0.2) is 37.5 Å². The van der Waals surface area contributed by atoms with Crippen LogP contribution in [0.15, 0.2) is 54.7 Å². The average Bonchev–Trinajstić information content (AvgIpc) is 3.54. The van der Waals surface area contributed by atoms with E-state index in [1.54, 1.807) is 13.0 Å². The summed E-state index contributed by atoms with van der Waals surface area (Å²) in [6.45, 7) is 1.71. The molecule has 0 fully saturated rings. The fraction of sp³-hybridized carbons (Fsp3) is 0.222. The highest BCUT2D eigenvalue weighted by Crippen LogP contribution is 2.35. The van der Waals surface area contributed by atoms with Crippen molar-refractivity contribution in [1.29, 1.82) is 0 Å². The number of aromatic nitrogens is 3. The molecule has 0 aliphatic heterocycles. The normalized spacial score (nSPS) is 14.7. The Hall–Kier alpha value is -4.74. The van der Waals surface area contributed by atoms with Crippen LogP contribution in [0.3, 0.4) is 0 Å². The molecular weight excluding hydrogens is 515 g/mol. The number of aromatic carboxylic acids is 1. The maximum Gasteiger partial charge on any atom is 0.416 e. The molecule has 2 amide bonds. The summed E-state index contributed by atoms with van der Waals surface area (Å²) >= 11 is 0. The van der Waals surface area contributed by atoms with E-state index in [0.717, 1.165) is 23.3 Å². The zero-order valence-electron chi connectivity index (χ0n) is 20.5. The lowest BCUT2D eigenvalue weighted by Gasteiger charge is -2.16. The third kappa shape index (κ3) is 5.05. The Kier molecular flexibility index (Phi) is 6.54. The fourth-order valence-electron chi connectivity index (χ4n) is 4.77. The van der Waals surface area contributed by atoms with Crippen molar-refractivity contribution >= 4 is 23.4 Å². The van der Waals surface area contributed by atoms with Crippen molar-refractivity contribution in [2.45, 2.75) is 38.5 Å². The second kappa shape index (κ2) is 9.86. The molecule has 3 N–H and O–H groups in total. The lowest BCUT2D eigenvalue weighted by atomic mass is 9.98. The summed E-state index contributed by atoms with van der Waals surface area (Å²) in [6, 6.07) is 10.1. The van der Waals surface area contributed by atoms with Gasteiger partial charge in [-0.15, -0.1) is 0 Å². The highest BCUT2D eigenvalue weighted by molar-refractivity contribution is 5.98. The fourth-order valence-corrected chi connectivity index (χ4v) is 4.77. The molecule has 0 spiro atoms. The molecule has 1 atom stereocenters. The molecule has 0 unspecified atom stereocenters. The zero-order chi connectivity index (χ0) is 27.9. The van der Waals surface area contributed by atoms with E-state index < -0.39 is 29.5 Å².